The Hall–Kier alpha value is -4.26. The Morgan fingerprint density at radius 1 is 0.871 bits per heavy atom. The first kappa shape index (κ1) is 20.0. The second-order valence-electron chi connectivity index (χ2n) is 6.86. The highest BCUT2D eigenvalue weighted by Crippen LogP contribution is 2.35. The Kier molecular flexibility index (Phi) is 5.57. The van der Waals surface area contributed by atoms with Gasteiger partial charge in [-0.3, -0.25) is 4.79 Å². The van der Waals surface area contributed by atoms with Gasteiger partial charge in [-0.05, 0) is 60.2 Å². The van der Waals surface area contributed by atoms with Crippen molar-refractivity contribution in [1.82, 2.24) is 0 Å². The van der Waals surface area contributed by atoms with Gasteiger partial charge in [0.25, 0.3) is 5.91 Å². The molecule has 1 heterocycles. The monoisotopic (exact) mass is 415 g/mol. The zero-order valence-electron chi connectivity index (χ0n) is 17.1. The van der Waals surface area contributed by atoms with Crippen LogP contribution in [0.2, 0.25) is 0 Å². The molecule has 0 fully saturated rings. The van der Waals surface area contributed by atoms with Crippen molar-refractivity contribution in [3.05, 3.63) is 77.9 Å². The average Bonchev–Trinajstić information content (AvgIpc) is 3.08. The number of carbonyl (C=O) groups is 2. The minimum atomic E-state index is -0.387. The molecule has 1 aliphatic rings. The third-order valence-electron chi connectivity index (χ3n) is 4.81. The number of ether oxygens (including phenoxy) is 2. The summed E-state index contributed by atoms with van der Waals surface area (Å²) in [4.78, 5) is 24.8. The number of nitrogens with one attached hydrogen (secondary N) is 3. The van der Waals surface area contributed by atoms with E-state index in [9.17, 15) is 9.59 Å². The molecule has 3 N–H and O–H groups in total. The molecule has 7 nitrogen and oxygen atoms in total. The van der Waals surface area contributed by atoms with Crippen molar-refractivity contribution in [2.75, 3.05) is 30.2 Å². The first-order valence-electron chi connectivity index (χ1n) is 9.59. The third kappa shape index (κ3) is 4.51. The van der Waals surface area contributed by atoms with Crippen molar-refractivity contribution in [3.8, 4) is 11.5 Å². The highest BCUT2D eigenvalue weighted by Gasteiger charge is 2.24. The fraction of sp³-hybridized carbons (Fsp3) is 0.0833. The van der Waals surface area contributed by atoms with Crippen molar-refractivity contribution in [3.63, 3.8) is 0 Å². The van der Waals surface area contributed by atoms with Crippen LogP contribution < -0.4 is 25.4 Å². The molecule has 0 bridgehead atoms. The van der Waals surface area contributed by atoms with E-state index in [2.05, 4.69) is 16.0 Å². The molecule has 0 aromatic heterocycles. The van der Waals surface area contributed by atoms with Crippen molar-refractivity contribution < 1.29 is 19.1 Å². The lowest BCUT2D eigenvalue weighted by molar-refractivity contribution is -0.110. The van der Waals surface area contributed by atoms with Gasteiger partial charge in [-0.25, -0.2) is 4.79 Å². The highest BCUT2D eigenvalue weighted by atomic mass is 16.5. The Labute approximate surface area is 179 Å². The van der Waals surface area contributed by atoms with E-state index >= 15 is 0 Å². The number of amides is 3. The number of fused-ring (bicyclic) bond motifs is 1. The first-order chi connectivity index (χ1) is 15.1. The van der Waals surface area contributed by atoms with E-state index in [1.54, 1.807) is 50.6 Å². The van der Waals surface area contributed by atoms with E-state index < -0.39 is 0 Å². The van der Waals surface area contributed by atoms with Gasteiger partial charge in [0.2, 0.25) is 0 Å². The molecule has 156 valence electrons. The van der Waals surface area contributed by atoms with Crippen LogP contribution in [-0.2, 0) is 4.79 Å². The Balaban J connectivity index is 1.49. The quantitative estimate of drug-likeness (QED) is 0.520. The molecule has 0 spiro atoms. The predicted octanol–water partition coefficient (Wildman–Crippen LogP) is 4.84. The molecule has 0 aliphatic carbocycles. The fourth-order valence-corrected chi connectivity index (χ4v) is 3.28. The lowest BCUT2D eigenvalue weighted by atomic mass is 10.0. The van der Waals surface area contributed by atoms with Crippen LogP contribution in [0, 0.1) is 0 Å². The zero-order chi connectivity index (χ0) is 21.8. The van der Waals surface area contributed by atoms with Crippen molar-refractivity contribution in [2.24, 2.45) is 0 Å². The van der Waals surface area contributed by atoms with Crippen LogP contribution in [0.5, 0.6) is 11.5 Å². The zero-order valence-corrected chi connectivity index (χ0v) is 17.1. The summed E-state index contributed by atoms with van der Waals surface area (Å²) in [5, 5.41) is 8.38. The number of hydrogen-bond donors (Lipinski definition) is 3. The van der Waals surface area contributed by atoms with E-state index in [0.29, 0.717) is 28.4 Å². The third-order valence-corrected chi connectivity index (χ3v) is 4.81. The molecule has 7 heteroatoms. The Morgan fingerprint density at radius 3 is 2.32 bits per heavy atom. The minimum Gasteiger partial charge on any atom is -0.497 e. The van der Waals surface area contributed by atoms with Gasteiger partial charge in [-0.2, -0.15) is 0 Å². The molecular formula is C24H21N3O4. The van der Waals surface area contributed by atoms with Crippen LogP contribution in [0.15, 0.2) is 66.7 Å². The molecule has 3 amide bonds. The number of hydrogen-bond acceptors (Lipinski definition) is 4. The van der Waals surface area contributed by atoms with Gasteiger partial charge in [-0.1, -0.05) is 18.2 Å². The summed E-state index contributed by atoms with van der Waals surface area (Å²) in [5.74, 6) is 1.23. The van der Waals surface area contributed by atoms with Crippen LogP contribution in [0.1, 0.15) is 11.1 Å². The lowest BCUT2D eigenvalue weighted by Crippen LogP contribution is -2.19. The van der Waals surface area contributed by atoms with Gasteiger partial charge >= 0.3 is 6.03 Å². The number of benzene rings is 3. The maximum atomic E-state index is 12.5. The van der Waals surface area contributed by atoms with Crippen molar-refractivity contribution in [1.29, 1.82) is 0 Å². The maximum absolute atomic E-state index is 12.5. The molecule has 0 radical (unpaired) electrons. The van der Waals surface area contributed by atoms with Gasteiger partial charge < -0.3 is 25.4 Å². The van der Waals surface area contributed by atoms with Crippen LogP contribution in [0.4, 0.5) is 21.9 Å². The van der Waals surface area contributed by atoms with Crippen molar-refractivity contribution in [2.45, 2.75) is 0 Å². The van der Waals surface area contributed by atoms with Crippen LogP contribution in [0.3, 0.4) is 0 Å². The summed E-state index contributed by atoms with van der Waals surface area (Å²) in [6, 6.07) is 19.4. The first-order valence-corrected chi connectivity index (χ1v) is 9.59. The number of carbonyl (C=O) groups excluding carboxylic acids is 2. The second kappa shape index (κ2) is 8.62. The predicted molar refractivity (Wildman–Crippen MR) is 122 cm³/mol. The minimum absolute atomic E-state index is 0.197. The Bertz CT molecular complexity index is 1170. The molecule has 0 unspecified atom stereocenters. The maximum Gasteiger partial charge on any atom is 0.323 e. The van der Waals surface area contributed by atoms with Gasteiger partial charge in [0.05, 0.1) is 19.9 Å². The fourth-order valence-electron chi connectivity index (χ4n) is 3.28. The number of urea groups is 1. The van der Waals surface area contributed by atoms with E-state index in [4.69, 9.17) is 9.47 Å². The molecule has 1 aliphatic heterocycles. The molecule has 0 saturated heterocycles. The number of rotatable bonds is 5. The van der Waals surface area contributed by atoms with E-state index in [1.807, 2.05) is 36.4 Å². The summed E-state index contributed by atoms with van der Waals surface area (Å²) in [6.07, 6.45) is 1.81. The molecule has 4 rings (SSSR count). The normalized spacial score (nSPS) is 13.4. The van der Waals surface area contributed by atoms with Crippen LogP contribution >= 0.6 is 0 Å². The molecule has 0 atom stereocenters. The summed E-state index contributed by atoms with van der Waals surface area (Å²) in [6.45, 7) is 0. The largest absolute Gasteiger partial charge is 0.497 e. The summed E-state index contributed by atoms with van der Waals surface area (Å²) in [7, 11) is 3.18. The van der Waals surface area contributed by atoms with E-state index in [-0.39, 0.29) is 11.9 Å². The van der Waals surface area contributed by atoms with Gasteiger partial charge in [0.1, 0.15) is 11.5 Å². The van der Waals surface area contributed by atoms with Crippen LogP contribution in [0.25, 0.3) is 11.6 Å². The lowest BCUT2D eigenvalue weighted by Gasteiger charge is -2.09. The molecule has 3 aromatic rings. The number of anilines is 3. The standard InChI is InChI=1S/C24H21N3O4/c1-30-18-9-6-16(7-10-18)25-24(29)26-17-8-11-20-21(23(28)27-22(20)14-17)13-15-4-3-5-19(12-15)31-2/h3-14H,1-2H3,(H,27,28)(H2,25,26,29)/b21-13+. The second-order valence-corrected chi connectivity index (χ2v) is 6.86. The van der Waals surface area contributed by atoms with E-state index in [0.717, 1.165) is 16.9 Å². The highest BCUT2D eigenvalue weighted by molar-refractivity contribution is 6.35. The van der Waals surface area contributed by atoms with Gasteiger partial charge in [0, 0.05) is 22.5 Å². The molecule has 3 aromatic carbocycles. The summed E-state index contributed by atoms with van der Waals surface area (Å²) < 4.78 is 10.3. The van der Waals surface area contributed by atoms with Gasteiger partial charge in [-0.15, -0.1) is 0 Å². The average molecular weight is 415 g/mol. The smallest absolute Gasteiger partial charge is 0.323 e. The summed E-state index contributed by atoms with van der Waals surface area (Å²) in [5.41, 5.74) is 4.02. The molecule has 0 saturated carbocycles. The topological polar surface area (TPSA) is 88.7 Å². The SMILES string of the molecule is COc1ccc(NC(=O)Nc2ccc3c(c2)NC(=O)/C3=C/c2cccc(OC)c2)cc1. The Morgan fingerprint density at radius 2 is 1.58 bits per heavy atom. The summed E-state index contributed by atoms with van der Waals surface area (Å²) >= 11 is 0. The van der Waals surface area contributed by atoms with Gasteiger partial charge in [0.15, 0.2) is 0 Å². The van der Waals surface area contributed by atoms with Crippen molar-refractivity contribution >= 4 is 40.6 Å². The number of methoxy groups -OCH3 is 2. The van der Waals surface area contributed by atoms with E-state index in [1.165, 1.54) is 0 Å². The molecular weight excluding hydrogens is 394 g/mol. The van der Waals surface area contributed by atoms with Crippen LogP contribution in [-0.4, -0.2) is 26.2 Å². The molecule has 31 heavy (non-hydrogen) atoms.